The van der Waals surface area contributed by atoms with Gasteiger partial charge in [0.05, 0.1) is 0 Å². The van der Waals surface area contributed by atoms with Gasteiger partial charge in [-0.25, -0.2) is 4.79 Å². The van der Waals surface area contributed by atoms with Crippen LogP contribution in [-0.4, -0.2) is 28.0 Å². The minimum absolute atomic E-state index is 1.03. The van der Waals surface area contributed by atoms with Gasteiger partial charge in [0, 0.05) is 0 Å². The largest absolute Gasteiger partial charge is 0.478 e. The van der Waals surface area contributed by atoms with E-state index in [9.17, 15) is 9.90 Å². The molecule has 0 aliphatic rings. The molecule has 5 nitrogen and oxygen atoms in total. The highest BCUT2D eigenvalue weighted by Gasteiger charge is 2.38. The molecule has 0 aromatic rings. The van der Waals surface area contributed by atoms with E-state index in [1.807, 2.05) is 0 Å². The van der Waals surface area contributed by atoms with Crippen molar-refractivity contribution in [1.82, 2.24) is 0 Å². The zero-order chi connectivity index (χ0) is 7.65. The number of carboxylic acid groups (broad SMARTS) is 1. The van der Waals surface area contributed by atoms with Crippen LogP contribution < -0.4 is 5.73 Å². The Kier molecular flexibility index (Phi) is 2.13. The molecule has 53 valence electrons. The molecular weight excluding hydrogens is 126 g/mol. The van der Waals surface area contributed by atoms with Crippen LogP contribution in [0.1, 0.15) is 6.92 Å². The molecule has 0 spiro atoms. The lowest BCUT2D eigenvalue weighted by atomic mass is 10.1. The van der Waals surface area contributed by atoms with Crippen LogP contribution in [0.25, 0.3) is 0 Å². The highest BCUT2D eigenvalue weighted by molar-refractivity contribution is 5.76. The molecule has 0 aromatic heterocycles. The van der Waals surface area contributed by atoms with E-state index in [4.69, 9.17) is 10.2 Å². The van der Waals surface area contributed by atoms with Gasteiger partial charge in [0.15, 0.2) is 0 Å². The van der Waals surface area contributed by atoms with Crippen molar-refractivity contribution in [2.75, 3.05) is 0 Å². The minimum Gasteiger partial charge on any atom is -0.478 e. The van der Waals surface area contributed by atoms with Crippen molar-refractivity contribution >= 4 is 5.97 Å². The summed E-state index contributed by atoms with van der Waals surface area (Å²) in [4.78, 5) is 9.86. The Labute approximate surface area is 51.7 Å². The molecule has 0 rings (SSSR count). The average molecular weight is 134 g/mol. The second kappa shape index (κ2) is 2.30. The maximum absolute atomic E-state index is 10.4. The van der Waals surface area contributed by atoms with Crippen LogP contribution in [0.3, 0.4) is 0 Å². The molecule has 0 saturated carbocycles. The average Bonchev–Trinajstić information content (AvgIpc) is 1.65. The van der Waals surface area contributed by atoms with E-state index >= 15 is 0 Å². The van der Waals surface area contributed by atoms with E-state index in [-0.39, 0.29) is 0 Å². The van der Waals surface area contributed by atoms with Crippen LogP contribution in [-0.2, 0) is 9.90 Å². The van der Waals surface area contributed by atoms with E-state index in [0.717, 1.165) is 6.92 Å². The summed E-state index contributed by atoms with van der Waals surface area (Å²) in [6, 6.07) is 0. The van der Waals surface area contributed by atoms with Crippen LogP contribution in [0.5, 0.6) is 0 Å². The summed E-state index contributed by atoms with van der Waals surface area (Å²) in [5.41, 5.74) is 1.82. The summed E-state index contributed by atoms with van der Waals surface area (Å²) in [5, 5.41) is 26.9. The standard InChI is InChI=1S/C4H8NO4/c1-2(6)4(5,9)3(7)8/h2,6H,5H2,1H3,(H,7,8)/t2-,4-/m1/s1. The molecule has 4 N–H and O–H groups in total. The fourth-order valence-electron chi connectivity index (χ4n) is 0.179. The smallest absolute Gasteiger partial charge is 0.357 e. The van der Waals surface area contributed by atoms with Crippen molar-refractivity contribution in [3.8, 4) is 0 Å². The molecular formula is C4H8NO4. The van der Waals surface area contributed by atoms with Crippen LogP contribution in [0, 0.1) is 0 Å². The third kappa shape index (κ3) is 1.63. The topological polar surface area (TPSA) is 103 Å². The maximum Gasteiger partial charge on any atom is 0.357 e. The SMILES string of the molecule is C[C@@H](O)[C@@](N)([O])C(=O)O. The molecule has 2 atom stereocenters. The van der Waals surface area contributed by atoms with E-state index in [0.29, 0.717) is 0 Å². The summed E-state index contributed by atoms with van der Waals surface area (Å²) in [6.07, 6.45) is -1.59. The van der Waals surface area contributed by atoms with Gasteiger partial charge in [-0.05, 0) is 6.92 Å². The van der Waals surface area contributed by atoms with Gasteiger partial charge in [0.2, 0.25) is 0 Å². The Morgan fingerprint density at radius 2 is 2.11 bits per heavy atom. The third-order valence-corrected chi connectivity index (χ3v) is 0.955. The van der Waals surface area contributed by atoms with Crippen LogP contribution in [0.4, 0.5) is 0 Å². The van der Waals surface area contributed by atoms with Gasteiger partial charge in [-0.3, -0.25) is 5.73 Å². The Morgan fingerprint density at radius 3 is 2.11 bits per heavy atom. The number of hydrogen-bond acceptors (Lipinski definition) is 3. The zero-order valence-corrected chi connectivity index (χ0v) is 4.87. The fourth-order valence-corrected chi connectivity index (χ4v) is 0.179. The van der Waals surface area contributed by atoms with Crippen molar-refractivity contribution < 1.29 is 20.1 Å². The molecule has 0 saturated heterocycles. The van der Waals surface area contributed by atoms with Gasteiger partial charge < -0.3 is 10.2 Å². The molecule has 0 aliphatic carbocycles. The molecule has 0 aromatic carbocycles. The molecule has 0 heterocycles. The van der Waals surface area contributed by atoms with Crippen molar-refractivity contribution in [3.63, 3.8) is 0 Å². The van der Waals surface area contributed by atoms with Gasteiger partial charge in [0.1, 0.15) is 6.10 Å². The van der Waals surface area contributed by atoms with Crippen LogP contribution in [0.2, 0.25) is 0 Å². The fraction of sp³-hybridized carbons (Fsp3) is 0.750. The minimum atomic E-state index is -2.78. The molecule has 0 bridgehead atoms. The van der Waals surface area contributed by atoms with Gasteiger partial charge >= 0.3 is 5.97 Å². The summed E-state index contributed by atoms with van der Waals surface area (Å²) < 4.78 is 0. The quantitative estimate of drug-likeness (QED) is 0.401. The molecule has 0 aliphatic heterocycles. The maximum atomic E-state index is 10.4. The Morgan fingerprint density at radius 1 is 1.78 bits per heavy atom. The summed E-state index contributed by atoms with van der Waals surface area (Å²) in [7, 11) is 0. The predicted octanol–water partition coefficient (Wildman–Crippen LogP) is -1.46. The molecule has 0 fully saturated rings. The Balaban J connectivity index is 4.19. The molecule has 1 radical (unpaired) electrons. The monoisotopic (exact) mass is 134 g/mol. The number of hydrogen-bond donors (Lipinski definition) is 3. The lowest BCUT2D eigenvalue weighted by molar-refractivity contribution is -0.180. The first kappa shape index (κ1) is 8.35. The van der Waals surface area contributed by atoms with Crippen molar-refractivity contribution in [2.24, 2.45) is 5.73 Å². The number of aliphatic hydroxyl groups is 1. The summed E-state index contributed by atoms with van der Waals surface area (Å²) >= 11 is 0. The molecule has 9 heavy (non-hydrogen) atoms. The van der Waals surface area contributed by atoms with Gasteiger partial charge in [-0.2, -0.15) is 5.11 Å². The normalized spacial score (nSPS) is 20.4. The van der Waals surface area contributed by atoms with Crippen molar-refractivity contribution in [1.29, 1.82) is 0 Å². The van der Waals surface area contributed by atoms with Crippen molar-refractivity contribution in [3.05, 3.63) is 0 Å². The summed E-state index contributed by atoms with van der Waals surface area (Å²) in [6.45, 7) is 1.03. The van der Waals surface area contributed by atoms with Gasteiger partial charge in [-0.1, -0.05) is 0 Å². The highest BCUT2D eigenvalue weighted by atomic mass is 16.4. The van der Waals surface area contributed by atoms with Crippen molar-refractivity contribution in [2.45, 2.75) is 18.8 Å². The number of carboxylic acids is 1. The summed E-state index contributed by atoms with van der Waals surface area (Å²) in [5.74, 6) is -1.75. The molecule has 0 amide bonds. The number of carbonyl (C=O) groups is 1. The van der Waals surface area contributed by atoms with E-state index in [1.165, 1.54) is 0 Å². The first-order valence-electron chi connectivity index (χ1n) is 2.29. The van der Waals surface area contributed by atoms with E-state index in [1.54, 1.807) is 0 Å². The van der Waals surface area contributed by atoms with Gasteiger partial charge in [0.25, 0.3) is 5.72 Å². The Bertz CT molecular complexity index is 120. The molecule has 0 unspecified atom stereocenters. The lowest BCUT2D eigenvalue weighted by Crippen LogP contribution is -2.54. The predicted molar refractivity (Wildman–Crippen MR) is 26.9 cm³/mol. The van der Waals surface area contributed by atoms with Crippen LogP contribution in [0.15, 0.2) is 0 Å². The second-order valence-corrected chi connectivity index (χ2v) is 1.77. The van der Waals surface area contributed by atoms with E-state index < -0.39 is 17.8 Å². The second-order valence-electron chi connectivity index (χ2n) is 1.77. The first-order valence-corrected chi connectivity index (χ1v) is 2.29. The number of rotatable bonds is 2. The first-order chi connectivity index (χ1) is 3.89. The Hall–Kier alpha value is -0.650. The number of nitrogens with two attached hydrogens (primary N) is 1. The number of aliphatic hydroxyl groups excluding tert-OH is 1. The third-order valence-electron chi connectivity index (χ3n) is 0.955. The molecule has 5 heteroatoms. The van der Waals surface area contributed by atoms with Gasteiger partial charge in [-0.15, -0.1) is 0 Å². The van der Waals surface area contributed by atoms with Crippen LogP contribution >= 0.6 is 0 Å². The highest BCUT2D eigenvalue weighted by Crippen LogP contribution is 2.02. The zero-order valence-electron chi connectivity index (χ0n) is 4.87. The van der Waals surface area contributed by atoms with E-state index in [2.05, 4.69) is 5.73 Å². The number of aliphatic carboxylic acids is 1. The lowest BCUT2D eigenvalue weighted by Gasteiger charge is -2.17.